The Morgan fingerprint density at radius 3 is 2.73 bits per heavy atom. The number of aromatic amines is 1. The smallest absolute Gasteiger partial charge is 0.206 e. The molecule has 3 rings (SSSR count). The molecular formula is C16H20ClN5. The average molecular weight is 318 g/mol. The van der Waals surface area contributed by atoms with Gasteiger partial charge in [-0.1, -0.05) is 30.3 Å². The van der Waals surface area contributed by atoms with E-state index in [2.05, 4.69) is 46.7 Å². The third-order valence-electron chi connectivity index (χ3n) is 3.92. The molecule has 22 heavy (non-hydrogen) atoms. The Bertz CT molecular complexity index is 690. The van der Waals surface area contributed by atoms with Gasteiger partial charge in [0.05, 0.1) is 5.71 Å². The Hall–Kier alpha value is -2.27. The van der Waals surface area contributed by atoms with Crippen molar-refractivity contribution in [1.82, 2.24) is 10.4 Å². The maximum atomic E-state index is 7.28. The Balaban J connectivity index is 0.00000176. The van der Waals surface area contributed by atoms with E-state index in [9.17, 15) is 0 Å². The van der Waals surface area contributed by atoms with Crippen molar-refractivity contribution in [2.24, 2.45) is 10.8 Å². The predicted molar refractivity (Wildman–Crippen MR) is 91.9 cm³/mol. The number of nitrogens with zero attached hydrogens (tertiary/aromatic N) is 1. The Labute approximate surface area is 135 Å². The average Bonchev–Trinajstić information content (AvgIpc) is 2.87. The summed E-state index contributed by atoms with van der Waals surface area (Å²) in [5.74, 6) is 0.253. The van der Waals surface area contributed by atoms with Crippen molar-refractivity contribution < 1.29 is 0 Å². The number of hydrogen-bond acceptors (Lipinski definition) is 2. The highest BCUT2D eigenvalue weighted by molar-refractivity contribution is 6.04. The van der Waals surface area contributed by atoms with E-state index in [1.807, 2.05) is 12.3 Å². The largest absolute Gasteiger partial charge is 0.369 e. The van der Waals surface area contributed by atoms with Crippen LogP contribution < -0.4 is 11.2 Å². The van der Waals surface area contributed by atoms with Gasteiger partial charge in [0, 0.05) is 17.5 Å². The number of hydrazone groups is 1. The van der Waals surface area contributed by atoms with Crippen molar-refractivity contribution in [3.05, 3.63) is 58.9 Å². The SMILES string of the molecule is Cc1c[nH]c2c1C(=NNC(=N)N)CC(c1ccccc1)C2.Cl. The van der Waals surface area contributed by atoms with Crippen LogP contribution in [-0.4, -0.2) is 16.7 Å². The lowest BCUT2D eigenvalue weighted by Crippen LogP contribution is -2.29. The number of H-pyrrole nitrogens is 1. The lowest BCUT2D eigenvalue weighted by Gasteiger charge is -2.24. The summed E-state index contributed by atoms with van der Waals surface area (Å²) in [6, 6.07) is 10.5. The van der Waals surface area contributed by atoms with E-state index in [1.54, 1.807) is 0 Å². The molecule has 0 amide bonds. The molecule has 0 bridgehead atoms. The van der Waals surface area contributed by atoms with Gasteiger partial charge in [0.1, 0.15) is 0 Å². The summed E-state index contributed by atoms with van der Waals surface area (Å²) in [5, 5.41) is 11.6. The van der Waals surface area contributed by atoms with Crippen LogP contribution in [0.25, 0.3) is 0 Å². The molecule has 1 aromatic carbocycles. The Morgan fingerprint density at radius 1 is 1.32 bits per heavy atom. The quantitative estimate of drug-likeness (QED) is 0.389. The Morgan fingerprint density at radius 2 is 2.05 bits per heavy atom. The van der Waals surface area contributed by atoms with E-state index in [4.69, 9.17) is 11.1 Å². The number of guanidine groups is 1. The minimum Gasteiger partial charge on any atom is -0.369 e. The number of hydrogen-bond donors (Lipinski definition) is 4. The van der Waals surface area contributed by atoms with Gasteiger partial charge in [-0.25, -0.2) is 5.43 Å². The lowest BCUT2D eigenvalue weighted by molar-refractivity contribution is 0.681. The van der Waals surface area contributed by atoms with Crippen LogP contribution >= 0.6 is 12.4 Å². The summed E-state index contributed by atoms with van der Waals surface area (Å²) in [7, 11) is 0. The topological polar surface area (TPSA) is 90.0 Å². The number of aryl methyl sites for hydroxylation is 1. The Kier molecular flexibility index (Phi) is 4.88. The van der Waals surface area contributed by atoms with E-state index in [1.165, 1.54) is 16.8 Å². The summed E-state index contributed by atoms with van der Waals surface area (Å²) < 4.78 is 0. The molecule has 1 aliphatic rings. The monoisotopic (exact) mass is 317 g/mol. The zero-order valence-corrected chi connectivity index (χ0v) is 13.2. The molecule has 5 N–H and O–H groups in total. The van der Waals surface area contributed by atoms with E-state index in [0.717, 1.165) is 24.1 Å². The molecule has 0 radical (unpaired) electrons. The second-order valence-electron chi connectivity index (χ2n) is 5.43. The van der Waals surface area contributed by atoms with Gasteiger partial charge >= 0.3 is 0 Å². The highest BCUT2D eigenvalue weighted by atomic mass is 35.5. The number of fused-ring (bicyclic) bond motifs is 1. The van der Waals surface area contributed by atoms with Gasteiger partial charge in [-0.15, -0.1) is 12.4 Å². The molecule has 1 aromatic heterocycles. The second-order valence-corrected chi connectivity index (χ2v) is 5.43. The minimum absolute atomic E-state index is 0. The fourth-order valence-electron chi connectivity index (χ4n) is 2.98. The number of benzene rings is 1. The van der Waals surface area contributed by atoms with Crippen molar-refractivity contribution in [2.75, 3.05) is 0 Å². The first kappa shape index (κ1) is 16.1. The summed E-state index contributed by atoms with van der Waals surface area (Å²) in [6.07, 6.45) is 3.84. The number of aromatic nitrogens is 1. The van der Waals surface area contributed by atoms with Crippen LogP contribution in [0.15, 0.2) is 41.6 Å². The zero-order chi connectivity index (χ0) is 14.8. The van der Waals surface area contributed by atoms with Crippen molar-refractivity contribution in [3.63, 3.8) is 0 Å². The van der Waals surface area contributed by atoms with Crippen LogP contribution in [0.3, 0.4) is 0 Å². The minimum atomic E-state index is -0.140. The maximum absolute atomic E-state index is 7.28. The number of nitrogens with one attached hydrogen (secondary N) is 3. The number of nitrogens with two attached hydrogens (primary N) is 1. The molecule has 1 heterocycles. The normalized spacial score (nSPS) is 18.4. The molecule has 116 valence electrons. The molecule has 6 heteroatoms. The molecule has 1 atom stereocenters. The molecule has 0 saturated carbocycles. The maximum Gasteiger partial charge on any atom is 0.206 e. The van der Waals surface area contributed by atoms with E-state index in [-0.39, 0.29) is 18.4 Å². The van der Waals surface area contributed by atoms with Crippen molar-refractivity contribution in [2.45, 2.75) is 25.7 Å². The summed E-state index contributed by atoms with van der Waals surface area (Å²) in [6.45, 7) is 2.07. The highest BCUT2D eigenvalue weighted by Gasteiger charge is 2.27. The zero-order valence-electron chi connectivity index (χ0n) is 12.4. The van der Waals surface area contributed by atoms with Crippen LogP contribution in [0.2, 0.25) is 0 Å². The van der Waals surface area contributed by atoms with Crippen LogP contribution in [0.1, 0.15) is 34.7 Å². The van der Waals surface area contributed by atoms with Crippen molar-refractivity contribution in [3.8, 4) is 0 Å². The van der Waals surface area contributed by atoms with Crippen LogP contribution in [0.4, 0.5) is 0 Å². The van der Waals surface area contributed by atoms with Gasteiger partial charge in [-0.05, 0) is 36.8 Å². The standard InChI is InChI=1S/C16H19N5.ClH/c1-10-9-19-13-7-12(11-5-3-2-4-6-11)8-14(15(10)13)20-21-16(17)18;/h2-6,9,12,19H,7-8H2,1H3,(H4,17,18,21);1H. The number of halogens is 1. The fraction of sp³-hybridized carbons (Fsp3) is 0.250. The first-order valence-corrected chi connectivity index (χ1v) is 7.04. The van der Waals surface area contributed by atoms with Crippen molar-refractivity contribution in [1.29, 1.82) is 5.41 Å². The summed E-state index contributed by atoms with van der Waals surface area (Å²) in [5.41, 5.74) is 13.7. The first-order valence-electron chi connectivity index (χ1n) is 7.04. The van der Waals surface area contributed by atoms with Crippen LogP contribution in [0, 0.1) is 12.3 Å². The van der Waals surface area contributed by atoms with Gasteiger partial charge in [-0.3, -0.25) is 5.41 Å². The third-order valence-corrected chi connectivity index (χ3v) is 3.92. The molecule has 5 nitrogen and oxygen atoms in total. The van der Waals surface area contributed by atoms with Gasteiger partial charge in [0.15, 0.2) is 0 Å². The lowest BCUT2D eigenvalue weighted by atomic mass is 9.81. The van der Waals surface area contributed by atoms with Crippen LogP contribution in [-0.2, 0) is 6.42 Å². The van der Waals surface area contributed by atoms with E-state index >= 15 is 0 Å². The van der Waals surface area contributed by atoms with Crippen molar-refractivity contribution >= 4 is 24.1 Å². The van der Waals surface area contributed by atoms with Gasteiger partial charge in [-0.2, -0.15) is 5.10 Å². The summed E-state index contributed by atoms with van der Waals surface area (Å²) in [4.78, 5) is 3.35. The molecular weight excluding hydrogens is 298 g/mol. The first-order chi connectivity index (χ1) is 10.1. The molecule has 0 aliphatic heterocycles. The molecule has 0 fully saturated rings. The van der Waals surface area contributed by atoms with E-state index in [0.29, 0.717) is 5.92 Å². The molecule has 1 aliphatic carbocycles. The molecule has 0 saturated heterocycles. The molecule has 0 spiro atoms. The predicted octanol–water partition coefficient (Wildman–Crippen LogP) is 2.66. The molecule has 1 unspecified atom stereocenters. The van der Waals surface area contributed by atoms with Gasteiger partial charge < -0.3 is 10.7 Å². The highest BCUT2D eigenvalue weighted by Crippen LogP contribution is 2.33. The van der Waals surface area contributed by atoms with E-state index < -0.39 is 0 Å². The van der Waals surface area contributed by atoms with Crippen LogP contribution in [0.5, 0.6) is 0 Å². The van der Waals surface area contributed by atoms with Gasteiger partial charge in [0.25, 0.3) is 0 Å². The fourth-order valence-corrected chi connectivity index (χ4v) is 2.98. The second kappa shape index (κ2) is 6.66. The molecule has 2 aromatic rings. The third kappa shape index (κ3) is 3.14. The summed E-state index contributed by atoms with van der Waals surface area (Å²) >= 11 is 0. The number of rotatable bonds is 2. The van der Waals surface area contributed by atoms with Gasteiger partial charge in [0.2, 0.25) is 5.96 Å².